The van der Waals surface area contributed by atoms with E-state index < -0.39 is 38.9 Å². The number of rotatable bonds is 2. The summed E-state index contributed by atoms with van der Waals surface area (Å²) in [7, 11) is -2.18. The molecule has 2 aliphatic rings. The van der Waals surface area contributed by atoms with Crippen LogP contribution in [0, 0.1) is 0 Å². The van der Waals surface area contributed by atoms with Crippen molar-refractivity contribution in [3.63, 3.8) is 0 Å². The highest BCUT2D eigenvalue weighted by Gasteiger charge is 2.58. The molecule has 0 spiro atoms. The Bertz CT molecular complexity index is 451. The molecule has 0 aromatic rings. The van der Waals surface area contributed by atoms with Gasteiger partial charge in [0.2, 0.25) is 5.91 Å². The number of urea groups is 1. The highest BCUT2D eigenvalue weighted by atomic mass is 28.4. The number of fused-ring (bicyclic) bond motifs is 1. The van der Waals surface area contributed by atoms with E-state index in [1.807, 2.05) is 13.1 Å². The third kappa shape index (κ3) is 2.47. The largest absolute Gasteiger partial charge is 0.395 e. The first-order valence-corrected chi connectivity index (χ1v) is 9.51. The normalized spacial score (nSPS) is 31.3. The number of imide groups is 1. The monoisotopic (exact) mass is 304 g/mol. The Labute approximate surface area is 118 Å². The molecule has 0 radical (unpaired) electrons. The second-order valence-corrected chi connectivity index (χ2v) is 11.5. The van der Waals surface area contributed by atoms with Crippen molar-refractivity contribution in [3.05, 3.63) is 0 Å². The highest BCUT2D eigenvalue weighted by molar-refractivity contribution is 6.74. The topological polar surface area (TPSA) is 67.9 Å². The molecule has 0 saturated carbocycles. The lowest BCUT2D eigenvalue weighted by Gasteiger charge is -2.41. The zero-order valence-corrected chi connectivity index (χ0v) is 13.4. The molecule has 0 aromatic carbocycles. The predicted octanol–water partition coefficient (Wildman–Crippen LogP) is 1.93. The van der Waals surface area contributed by atoms with E-state index in [0.29, 0.717) is 0 Å². The maximum Gasteiger partial charge on any atom is 0.330 e. The molecule has 1 N–H and O–H groups in total. The van der Waals surface area contributed by atoms with Gasteiger partial charge in [0.05, 0.1) is 6.61 Å². The van der Waals surface area contributed by atoms with Crippen molar-refractivity contribution >= 4 is 20.3 Å². The third-order valence-corrected chi connectivity index (χ3v) is 8.65. The van der Waals surface area contributed by atoms with Crippen LogP contribution in [0.5, 0.6) is 0 Å². The van der Waals surface area contributed by atoms with E-state index in [4.69, 9.17) is 9.16 Å². The van der Waals surface area contributed by atoms with Crippen LogP contribution in [0.3, 0.4) is 0 Å². The van der Waals surface area contributed by atoms with Crippen molar-refractivity contribution in [2.45, 2.75) is 57.5 Å². The lowest BCUT2D eigenvalue weighted by atomic mass is 10.2. The van der Waals surface area contributed by atoms with E-state index in [2.05, 4.69) is 26.1 Å². The van der Waals surface area contributed by atoms with Gasteiger partial charge in [-0.25, -0.2) is 9.69 Å². The summed E-state index contributed by atoms with van der Waals surface area (Å²) in [5.41, 5.74) is 0. The number of ether oxygens (including phenoxy) is 1. The second kappa shape index (κ2) is 4.50. The summed E-state index contributed by atoms with van der Waals surface area (Å²) in [5.74, 6) is -3.06. The van der Waals surface area contributed by atoms with Crippen LogP contribution in [-0.2, 0) is 14.0 Å². The fourth-order valence-corrected chi connectivity index (χ4v) is 3.21. The summed E-state index contributed by atoms with van der Waals surface area (Å²) in [4.78, 5) is 24.0. The summed E-state index contributed by atoms with van der Waals surface area (Å²) >= 11 is 0. The average Bonchev–Trinajstić information content (AvgIpc) is 2.52. The maximum absolute atomic E-state index is 14.5. The molecule has 8 heteroatoms. The maximum atomic E-state index is 14.5. The molecule has 2 aliphatic heterocycles. The van der Waals surface area contributed by atoms with Crippen LogP contribution >= 0.6 is 0 Å². The van der Waals surface area contributed by atoms with Crippen LogP contribution in [0.2, 0.25) is 18.1 Å². The molecule has 2 heterocycles. The van der Waals surface area contributed by atoms with Gasteiger partial charge in [-0.15, -0.1) is 0 Å². The molecule has 6 nitrogen and oxygen atoms in total. The van der Waals surface area contributed by atoms with E-state index in [0.717, 1.165) is 4.90 Å². The lowest BCUT2D eigenvalue weighted by Crippen LogP contribution is -2.62. The van der Waals surface area contributed by atoms with Gasteiger partial charge in [0, 0.05) is 0 Å². The van der Waals surface area contributed by atoms with Gasteiger partial charge in [0.25, 0.3) is 0 Å². The number of carbonyl (C=O) groups is 2. The van der Waals surface area contributed by atoms with Crippen LogP contribution in [0.25, 0.3) is 0 Å². The number of nitrogens with zero attached hydrogens (tertiary/aromatic N) is 1. The van der Waals surface area contributed by atoms with Gasteiger partial charge in [-0.05, 0) is 18.1 Å². The number of nitrogens with one attached hydrogen (secondary N) is 1. The van der Waals surface area contributed by atoms with Gasteiger partial charge in [-0.1, -0.05) is 20.8 Å². The fraction of sp³-hybridized carbons (Fsp3) is 0.833. The molecule has 20 heavy (non-hydrogen) atoms. The first kappa shape index (κ1) is 15.4. The number of alkyl halides is 1. The van der Waals surface area contributed by atoms with Crippen molar-refractivity contribution in [1.29, 1.82) is 0 Å². The van der Waals surface area contributed by atoms with Crippen molar-refractivity contribution in [2.75, 3.05) is 6.61 Å². The smallest absolute Gasteiger partial charge is 0.330 e. The molecule has 1 unspecified atom stereocenters. The number of amides is 3. The van der Waals surface area contributed by atoms with Crippen molar-refractivity contribution in [2.24, 2.45) is 0 Å². The van der Waals surface area contributed by atoms with E-state index in [9.17, 15) is 14.0 Å². The van der Waals surface area contributed by atoms with Crippen molar-refractivity contribution in [1.82, 2.24) is 10.2 Å². The highest BCUT2D eigenvalue weighted by Crippen LogP contribution is 2.41. The first-order chi connectivity index (χ1) is 8.96. The molecule has 3 amide bonds. The van der Waals surface area contributed by atoms with Gasteiger partial charge in [-0.2, -0.15) is 4.39 Å². The van der Waals surface area contributed by atoms with Gasteiger partial charge in [-0.3, -0.25) is 10.1 Å². The summed E-state index contributed by atoms with van der Waals surface area (Å²) in [6.07, 6.45) is -1.31. The quantitative estimate of drug-likeness (QED) is 0.625. The Balaban J connectivity index is 2.20. The molecule has 2 saturated heterocycles. The average molecular weight is 304 g/mol. The fourth-order valence-electron chi connectivity index (χ4n) is 2.00. The molecule has 2 rings (SSSR count). The lowest BCUT2D eigenvalue weighted by molar-refractivity contribution is -0.190. The van der Waals surface area contributed by atoms with Gasteiger partial charge >= 0.3 is 12.0 Å². The van der Waals surface area contributed by atoms with Crippen LogP contribution < -0.4 is 5.32 Å². The number of hydrogen-bond donors (Lipinski definition) is 1. The van der Waals surface area contributed by atoms with Crippen LogP contribution in [0.1, 0.15) is 27.2 Å². The molecule has 114 valence electrons. The molecule has 2 fully saturated rings. The molecule has 0 aromatic heterocycles. The SMILES string of the molecule is CC(C)(C)[Si](C)(C)O[C@H]1COC2(F)CC(=O)NC(=O)N12. The summed E-state index contributed by atoms with van der Waals surface area (Å²) < 4.78 is 25.6. The first-order valence-electron chi connectivity index (χ1n) is 6.60. The number of hydrogen-bond acceptors (Lipinski definition) is 4. The molecular formula is C12H21FN2O4Si. The van der Waals surface area contributed by atoms with Gasteiger partial charge in [0.15, 0.2) is 14.5 Å². The third-order valence-electron chi connectivity index (χ3n) is 4.18. The van der Waals surface area contributed by atoms with Gasteiger partial charge in [0.1, 0.15) is 6.42 Å². The predicted molar refractivity (Wildman–Crippen MR) is 71.9 cm³/mol. The van der Waals surface area contributed by atoms with Crippen LogP contribution in [0.15, 0.2) is 0 Å². The Morgan fingerprint density at radius 1 is 1.45 bits per heavy atom. The zero-order chi connectivity index (χ0) is 15.3. The van der Waals surface area contributed by atoms with Crippen molar-refractivity contribution < 1.29 is 23.1 Å². The number of carbonyl (C=O) groups excluding carboxylic acids is 2. The number of halogens is 1. The van der Waals surface area contributed by atoms with E-state index in [-0.39, 0.29) is 11.6 Å². The van der Waals surface area contributed by atoms with E-state index in [1.165, 1.54) is 0 Å². The zero-order valence-electron chi connectivity index (χ0n) is 12.4. The van der Waals surface area contributed by atoms with Crippen LogP contribution in [-0.4, -0.2) is 44.0 Å². The minimum atomic E-state index is -2.38. The summed E-state index contributed by atoms with van der Waals surface area (Å²) in [5, 5.41) is 2.02. The van der Waals surface area contributed by atoms with E-state index in [1.54, 1.807) is 0 Å². The minimum Gasteiger partial charge on any atom is -0.395 e. The molecule has 2 atom stereocenters. The molecule has 0 aliphatic carbocycles. The second-order valence-electron chi connectivity index (χ2n) is 6.73. The summed E-state index contributed by atoms with van der Waals surface area (Å²) in [6, 6.07) is -0.801. The van der Waals surface area contributed by atoms with Crippen molar-refractivity contribution in [3.8, 4) is 0 Å². The molecule has 0 bridgehead atoms. The molecular weight excluding hydrogens is 283 g/mol. The van der Waals surface area contributed by atoms with Crippen LogP contribution in [0.4, 0.5) is 9.18 Å². The Kier molecular flexibility index (Phi) is 3.47. The standard InChI is InChI=1S/C12H21FN2O4Si/c1-11(2,3)20(4,5)19-9-7-18-12(13)6-8(16)14-10(17)15(9)12/h9H,6-7H2,1-5H3,(H,14,16,17)/t9-,12?/m0/s1. The minimum absolute atomic E-state index is 0.0658. The Morgan fingerprint density at radius 3 is 2.60 bits per heavy atom. The summed E-state index contributed by atoms with van der Waals surface area (Å²) in [6.45, 7) is 10.1. The Morgan fingerprint density at radius 2 is 2.05 bits per heavy atom. The van der Waals surface area contributed by atoms with Gasteiger partial charge < -0.3 is 9.16 Å². The Hall–Kier alpha value is -0.993. The van der Waals surface area contributed by atoms with E-state index >= 15 is 0 Å².